The van der Waals surface area contributed by atoms with Gasteiger partial charge in [-0.2, -0.15) is 0 Å². The molecule has 1 aromatic rings. The average molecular weight is 382 g/mol. The number of rotatable bonds is 9. The van der Waals surface area contributed by atoms with Crippen molar-refractivity contribution in [3.05, 3.63) is 33.8 Å². The highest BCUT2D eigenvalue weighted by atomic mass is 79.9. The van der Waals surface area contributed by atoms with Crippen LogP contribution in [0.3, 0.4) is 0 Å². The van der Waals surface area contributed by atoms with Crippen molar-refractivity contribution < 1.29 is 9.47 Å². The van der Waals surface area contributed by atoms with E-state index in [4.69, 9.17) is 9.47 Å². The lowest BCUT2D eigenvalue weighted by molar-refractivity contribution is 0.290. The fourth-order valence-corrected chi connectivity index (χ4v) is 3.36. The number of ether oxygens (including phenoxy) is 2. The SMILES string of the molecule is CCCOc1c(CNCCC2=CCCCC2)cc(Br)cc1OC. The predicted molar refractivity (Wildman–Crippen MR) is 99.4 cm³/mol. The molecule has 0 saturated carbocycles. The highest BCUT2D eigenvalue weighted by molar-refractivity contribution is 9.10. The van der Waals surface area contributed by atoms with Gasteiger partial charge in [-0.1, -0.05) is 34.5 Å². The molecule has 0 spiro atoms. The van der Waals surface area contributed by atoms with Gasteiger partial charge in [-0.25, -0.2) is 0 Å². The lowest BCUT2D eigenvalue weighted by Gasteiger charge is -2.17. The molecule has 1 aromatic carbocycles. The Labute approximate surface area is 148 Å². The van der Waals surface area contributed by atoms with Gasteiger partial charge in [-0.15, -0.1) is 0 Å². The van der Waals surface area contributed by atoms with Gasteiger partial charge in [0.15, 0.2) is 11.5 Å². The van der Waals surface area contributed by atoms with E-state index in [1.54, 1.807) is 12.7 Å². The molecule has 0 atom stereocenters. The Morgan fingerprint density at radius 2 is 2.13 bits per heavy atom. The summed E-state index contributed by atoms with van der Waals surface area (Å²) in [6.45, 7) is 4.62. The van der Waals surface area contributed by atoms with Crippen molar-refractivity contribution in [3.8, 4) is 11.5 Å². The number of nitrogens with one attached hydrogen (secondary N) is 1. The number of hydrogen-bond acceptors (Lipinski definition) is 3. The number of hydrogen-bond donors (Lipinski definition) is 1. The van der Waals surface area contributed by atoms with Crippen LogP contribution in [0.5, 0.6) is 11.5 Å². The van der Waals surface area contributed by atoms with E-state index in [0.717, 1.165) is 47.5 Å². The molecule has 2 rings (SSSR count). The number of methoxy groups -OCH3 is 1. The van der Waals surface area contributed by atoms with Crippen LogP contribution >= 0.6 is 15.9 Å². The van der Waals surface area contributed by atoms with Crippen molar-refractivity contribution in [3.63, 3.8) is 0 Å². The molecule has 1 aliphatic carbocycles. The fraction of sp³-hybridized carbons (Fsp3) is 0.579. The van der Waals surface area contributed by atoms with Gasteiger partial charge in [0.1, 0.15) is 0 Å². The van der Waals surface area contributed by atoms with Crippen LogP contribution in [0.4, 0.5) is 0 Å². The molecule has 3 nitrogen and oxygen atoms in total. The van der Waals surface area contributed by atoms with Gasteiger partial charge in [0.25, 0.3) is 0 Å². The maximum absolute atomic E-state index is 5.91. The largest absolute Gasteiger partial charge is 0.493 e. The Kier molecular flexibility index (Phi) is 7.96. The van der Waals surface area contributed by atoms with Crippen molar-refractivity contribution in [2.45, 2.75) is 52.0 Å². The van der Waals surface area contributed by atoms with Crippen LogP contribution in [-0.4, -0.2) is 20.3 Å². The first kappa shape index (κ1) is 18.3. The van der Waals surface area contributed by atoms with Crippen LogP contribution in [0.1, 0.15) is 51.0 Å². The number of allylic oxidation sites excluding steroid dienone is 1. The third kappa shape index (κ3) is 5.85. The van der Waals surface area contributed by atoms with Crippen molar-refractivity contribution in [2.75, 3.05) is 20.3 Å². The summed E-state index contributed by atoms with van der Waals surface area (Å²) in [5, 5.41) is 3.55. The topological polar surface area (TPSA) is 30.5 Å². The van der Waals surface area contributed by atoms with Gasteiger partial charge in [0.2, 0.25) is 0 Å². The van der Waals surface area contributed by atoms with Crippen molar-refractivity contribution in [2.24, 2.45) is 0 Å². The van der Waals surface area contributed by atoms with E-state index in [0.29, 0.717) is 6.61 Å². The molecule has 1 aliphatic rings. The molecule has 0 heterocycles. The minimum Gasteiger partial charge on any atom is -0.493 e. The number of benzene rings is 1. The smallest absolute Gasteiger partial charge is 0.165 e. The fourth-order valence-electron chi connectivity index (χ4n) is 2.88. The van der Waals surface area contributed by atoms with Crippen molar-refractivity contribution in [1.29, 1.82) is 0 Å². The minimum absolute atomic E-state index is 0.706. The zero-order valence-corrected chi connectivity index (χ0v) is 15.9. The molecule has 0 fully saturated rings. The van der Waals surface area contributed by atoms with E-state index in [2.05, 4.69) is 40.3 Å². The molecule has 1 N–H and O–H groups in total. The summed E-state index contributed by atoms with van der Waals surface area (Å²) >= 11 is 3.56. The van der Waals surface area contributed by atoms with Crippen molar-refractivity contribution >= 4 is 15.9 Å². The first-order valence-corrected chi connectivity index (χ1v) is 9.41. The Bertz CT molecular complexity index is 528. The third-order valence-electron chi connectivity index (χ3n) is 4.09. The van der Waals surface area contributed by atoms with Gasteiger partial charge in [0, 0.05) is 16.6 Å². The molecule has 0 aromatic heterocycles. The molecule has 0 amide bonds. The summed E-state index contributed by atoms with van der Waals surface area (Å²) in [7, 11) is 1.69. The molecule has 4 heteroatoms. The minimum atomic E-state index is 0.706. The molecule has 0 bridgehead atoms. The Hall–Kier alpha value is -1.00. The van der Waals surface area contributed by atoms with Crippen LogP contribution < -0.4 is 14.8 Å². The number of halogens is 1. The lowest BCUT2D eigenvalue weighted by Crippen LogP contribution is -2.17. The predicted octanol–water partition coefficient (Wildman–Crippen LogP) is 5.23. The molecule has 23 heavy (non-hydrogen) atoms. The maximum atomic E-state index is 5.91. The van der Waals surface area contributed by atoms with Crippen LogP contribution in [0.15, 0.2) is 28.3 Å². The molecule has 0 saturated heterocycles. The first-order valence-electron chi connectivity index (χ1n) is 8.62. The molecule has 128 valence electrons. The molecule has 0 radical (unpaired) electrons. The standard InChI is InChI=1S/C19H28BrNO2/c1-3-11-23-19-16(12-17(20)13-18(19)22-2)14-21-10-9-15-7-5-4-6-8-15/h7,12-13,21H,3-6,8-11,14H2,1-2H3. The maximum Gasteiger partial charge on any atom is 0.165 e. The second-order valence-electron chi connectivity index (χ2n) is 5.98. The average Bonchev–Trinajstić information content (AvgIpc) is 2.58. The van der Waals surface area contributed by atoms with Crippen LogP contribution in [0, 0.1) is 0 Å². The van der Waals surface area contributed by atoms with Gasteiger partial charge >= 0.3 is 0 Å². The third-order valence-corrected chi connectivity index (χ3v) is 4.55. The quantitative estimate of drug-likeness (QED) is 0.469. The Morgan fingerprint density at radius 3 is 2.83 bits per heavy atom. The zero-order chi connectivity index (χ0) is 16.5. The second-order valence-corrected chi connectivity index (χ2v) is 6.90. The van der Waals surface area contributed by atoms with Crippen LogP contribution in [0.2, 0.25) is 0 Å². The summed E-state index contributed by atoms with van der Waals surface area (Å²) in [6, 6.07) is 4.07. The lowest BCUT2D eigenvalue weighted by atomic mass is 9.97. The summed E-state index contributed by atoms with van der Waals surface area (Å²) in [5.74, 6) is 1.65. The molecule has 0 unspecified atom stereocenters. The first-order chi connectivity index (χ1) is 11.2. The highest BCUT2D eigenvalue weighted by Crippen LogP contribution is 2.35. The van der Waals surface area contributed by atoms with E-state index in [9.17, 15) is 0 Å². The molecular weight excluding hydrogens is 354 g/mol. The summed E-state index contributed by atoms with van der Waals surface area (Å²) in [4.78, 5) is 0. The Morgan fingerprint density at radius 1 is 1.26 bits per heavy atom. The zero-order valence-electron chi connectivity index (χ0n) is 14.3. The highest BCUT2D eigenvalue weighted by Gasteiger charge is 2.12. The van der Waals surface area contributed by atoms with Gasteiger partial charge < -0.3 is 14.8 Å². The Balaban J connectivity index is 1.94. The van der Waals surface area contributed by atoms with Crippen molar-refractivity contribution in [1.82, 2.24) is 5.32 Å². The van der Waals surface area contributed by atoms with Crippen LogP contribution in [-0.2, 0) is 6.54 Å². The van der Waals surface area contributed by atoms with Gasteiger partial charge in [-0.3, -0.25) is 0 Å². The van der Waals surface area contributed by atoms with E-state index in [-0.39, 0.29) is 0 Å². The van der Waals surface area contributed by atoms with Gasteiger partial charge in [-0.05, 0) is 57.2 Å². The molecule has 0 aliphatic heterocycles. The monoisotopic (exact) mass is 381 g/mol. The van der Waals surface area contributed by atoms with E-state index >= 15 is 0 Å². The second kappa shape index (κ2) is 9.99. The van der Waals surface area contributed by atoms with E-state index < -0.39 is 0 Å². The summed E-state index contributed by atoms with van der Waals surface area (Å²) in [5.41, 5.74) is 2.75. The summed E-state index contributed by atoms with van der Waals surface area (Å²) < 4.78 is 12.4. The van der Waals surface area contributed by atoms with E-state index in [1.165, 1.54) is 25.7 Å². The van der Waals surface area contributed by atoms with E-state index in [1.807, 2.05) is 6.07 Å². The van der Waals surface area contributed by atoms with Gasteiger partial charge in [0.05, 0.1) is 13.7 Å². The van der Waals surface area contributed by atoms with Crippen LogP contribution in [0.25, 0.3) is 0 Å². The summed E-state index contributed by atoms with van der Waals surface area (Å²) in [6.07, 6.45) is 9.79. The molecular formula is C19H28BrNO2. The normalized spacial score (nSPS) is 14.5.